The molecule has 3 rings (SSSR count). The van der Waals surface area contributed by atoms with Crippen molar-refractivity contribution in [2.75, 3.05) is 7.11 Å². The molecule has 0 N–H and O–H groups in total. The predicted molar refractivity (Wildman–Crippen MR) is 84.5 cm³/mol. The Kier molecular flexibility index (Phi) is 7.57. The summed E-state index contributed by atoms with van der Waals surface area (Å²) < 4.78 is 9.53. The number of imidazole rings is 1. The number of methoxy groups -OCH3 is 1. The highest BCUT2D eigenvalue weighted by atomic mass is 79.9. The van der Waals surface area contributed by atoms with Gasteiger partial charge in [0.2, 0.25) is 17.6 Å². The average molecular weight is 402 g/mol. The molecule has 2 aromatic heterocycles. The Morgan fingerprint density at radius 2 is 2.18 bits per heavy atom. The second-order valence-electron chi connectivity index (χ2n) is 4.23. The van der Waals surface area contributed by atoms with E-state index in [4.69, 9.17) is 0 Å². The molecule has 8 heteroatoms. The van der Waals surface area contributed by atoms with Crippen LogP contribution >= 0.6 is 24.0 Å². The van der Waals surface area contributed by atoms with Crippen LogP contribution in [0.5, 0.6) is 0 Å². The predicted octanol–water partition coefficient (Wildman–Crippen LogP) is -0.925. The first-order chi connectivity index (χ1) is 10.1. The minimum absolute atomic E-state index is 0. The quantitative estimate of drug-likeness (QED) is 0.343. The van der Waals surface area contributed by atoms with Gasteiger partial charge in [-0.2, -0.15) is 4.57 Å². The standard InChI is InChI=1S/C10H10NO2S.C4H6N2S.BrH/c1-13-10(12)6-11-7-14-9-5-3-2-4-8(9)11;1-6-3-2-5-4(6)7;/h2-5,7H,6H2,1H3;2-3H,1H3,(H,5,7);1H/q+1;;/p-1. The summed E-state index contributed by atoms with van der Waals surface area (Å²) in [5.74, 6) is -0.224. The summed E-state index contributed by atoms with van der Waals surface area (Å²) in [7, 11) is 3.30. The largest absolute Gasteiger partial charge is 1.00 e. The topological polar surface area (TPSA) is 48.0 Å². The molecule has 0 spiro atoms. The van der Waals surface area contributed by atoms with E-state index in [1.807, 2.05) is 52.2 Å². The van der Waals surface area contributed by atoms with Gasteiger partial charge in [-0.15, -0.1) is 12.6 Å². The molecule has 0 aliphatic heterocycles. The molecule has 0 fully saturated rings. The van der Waals surface area contributed by atoms with Crippen LogP contribution < -0.4 is 21.5 Å². The molecule has 0 aliphatic carbocycles. The number of thiazole rings is 1. The number of carbonyl (C=O) groups excluding carboxylic acids is 1. The number of hydrogen-bond acceptors (Lipinski definition) is 5. The van der Waals surface area contributed by atoms with Crippen LogP contribution in [0.3, 0.4) is 0 Å². The molecule has 0 radical (unpaired) electrons. The third kappa shape index (κ3) is 4.82. The van der Waals surface area contributed by atoms with Crippen LogP contribution in [0.25, 0.3) is 10.2 Å². The van der Waals surface area contributed by atoms with Gasteiger partial charge in [-0.05, 0) is 6.07 Å². The number of nitrogens with zero attached hydrogens (tertiary/aromatic N) is 3. The Labute approximate surface area is 148 Å². The normalized spacial score (nSPS) is 9.59. The number of esters is 1. The SMILES string of the molecule is COC(=O)C[n+]1csc2ccccc21.Cn1ccnc1S.[Br-]. The zero-order valence-corrected chi connectivity index (χ0v) is 15.4. The minimum atomic E-state index is -0.224. The number of para-hydroxylation sites is 1. The van der Waals surface area contributed by atoms with Gasteiger partial charge >= 0.3 is 5.97 Å². The van der Waals surface area contributed by atoms with Crippen molar-refractivity contribution in [3.8, 4) is 0 Å². The van der Waals surface area contributed by atoms with E-state index in [9.17, 15) is 4.79 Å². The van der Waals surface area contributed by atoms with E-state index in [1.54, 1.807) is 17.5 Å². The summed E-state index contributed by atoms with van der Waals surface area (Å²) >= 11 is 5.62. The van der Waals surface area contributed by atoms with Crippen LogP contribution in [-0.4, -0.2) is 22.6 Å². The molecule has 0 aliphatic rings. The summed E-state index contributed by atoms with van der Waals surface area (Å²) in [5, 5.41) is 0.750. The molecule has 0 saturated heterocycles. The lowest BCUT2D eigenvalue weighted by Gasteiger charge is -1.92. The summed E-state index contributed by atoms with van der Waals surface area (Å²) in [6, 6.07) is 7.98. The van der Waals surface area contributed by atoms with Crippen LogP contribution in [0.2, 0.25) is 0 Å². The van der Waals surface area contributed by atoms with Gasteiger partial charge in [0.25, 0.3) is 0 Å². The van der Waals surface area contributed by atoms with E-state index in [1.165, 1.54) is 11.8 Å². The van der Waals surface area contributed by atoms with E-state index in [2.05, 4.69) is 22.3 Å². The van der Waals surface area contributed by atoms with Crippen molar-refractivity contribution in [3.05, 3.63) is 42.2 Å². The fraction of sp³-hybridized carbons (Fsp3) is 0.214. The molecule has 2 heterocycles. The number of thiol groups is 1. The van der Waals surface area contributed by atoms with Gasteiger partial charge in [0.15, 0.2) is 5.16 Å². The maximum atomic E-state index is 11.1. The minimum Gasteiger partial charge on any atom is -1.00 e. The number of aromatic nitrogens is 3. The van der Waals surface area contributed by atoms with E-state index < -0.39 is 0 Å². The van der Waals surface area contributed by atoms with Crippen molar-refractivity contribution < 1.29 is 31.1 Å². The number of carbonyl (C=O) groups is 1. The van der Waals surface area contributed by atoms with Crippen molar-refractivity contribution in [2.24, 2.45) is 7.05 Å². The van der Waals surface area contributed by atoms with E-state index in [0.29, 0.717) is 0 Å². The molecule has 3 aromatic rings. The molecule has 0 unspecified atom stereocenters. The van der Waals surface area contributed by atoms with Crippen LogP contribution in [0, 0.1) is 0 Å². The number of halogens is 1. The Morgan fingerprint density at radius 3 is 2.73 bits per heavy atom. The lowest BCUT2D eigenvalue weighted by molar-refractivity contribution is -0.655. The van der Waals surface area contributed by atoms with Crippen molar-refractivity contribution in [3.63, 3.8) is 0 Å². The molecule has 0 atom stereocenters. The Hall–Kier alpha value is -1.38. The lowest BCUT2D eigenvalue weighted by Crippen LogP contribution is -3.00. The summed E-state index contributed by atoms with van der Waals surface area (Å²) in [5.41, 5.74) is 3.00. The maximum Gasteiger partial charge on any atom is 0.372 e. The van der Waals surface area contributed by atoms with Gasteiger partial charge in [0.1, 0.15) is 4.70 Å². The van der Waals surface area contributed by atoms with Crippen molar-refractivity contribution in [1.29, 1.82) is 0 Å². The van der Waals surface area contributed by atoms with E-state index in [-0.39, 0.29) is 29.5 Å². The number of fused-ring (bicyclic) bond motifs is 1. The molecular weight excluding hydrogens is 386 g/mol. The van der Waals surface area contributed by atoms with Gasteiger partial charge in [-0.1, -0.05) is 23.5 Å². The first-order valence-corrected chi connectivity index (χ1v) is 7.53. The second kappa shape index (κ2) is 8.92. The van der Waals surface area contributed by atoms with Crippen LogP contribution in [0.15, 0.2) is 47.3 Å². The van der Waals surface area contributed by atoms with Crippen molar-refractivity contribution in [2.45, 2.75) is 11.7 Å². The van der Waals surface area contributed by atoms with E-state index >= 15 is 0 Å². The molecule has 118 valence electrons. The zero-order chi connectivity index (χ0) is 15.2. The highest BCUT2D eigenvalue weighted by Gasteiger charge is 2.14. The van der Waals surface area contributed by atoms with Gasteiger partial charge in [-0.25, -0.2) is 9.78 Å². The fourth-order valence-electron chi connectivity index (χ4n) is 1.66. The van der Waals surface area contributed by atoms with Crippen LogP contribution in [-0.2, 0) is 23.1 Å². The monoisotopic (exact) mass is 401 g/mol. The number of benzene rings is 1. The molecule has 0 bridgehead atoms. The highest BCUT2D eigenvalue weighted by Crippen LogP contribution is 2.14. The number of rotatable bonds is 2. The molecule has 0 saturated carbocycles. The maximum absolute atomic E-state index is 11.1. The van der Waals surface area contributed by atoms with Gasteiger partial charge in [0, 0.05) is 25.5 Å². The molecular formula is C14H16BrN3O2S2. The average Bonchev–Trinajstić information content (AvgIpc) is 3.07. The van der Waals surface area contributed by atoms with Gasteiger partial charge in [0.05, 0.1) is 7.11 Å². The number of aryl methyl sites for hydroxylation is 1. The van der Waals surface area contributed by atoms with Gasteiger partial charge < -0.3 is 26.3 Å². The van der Waals surface area contributed by atoms with E-state index in [0.717, 1.165) is 10.7 Å². The molecule has 22 heavy (non-hydrogen) atoms. The molecule has 0 amide bonds. The third-order valence-electron chi connectivity index (χ3n) is 2.80. The Bertz CT molecular complexity index is 726. The molecule has 5 nitrogen and oxygen atoms in total. The third-order valence-corrected chi connectivity index (χ3v) is 4.19. The number of hydrogen-bond donors (Lipinski definition) is 1. The lowest BCUT2D eigenvalue weighted by atomic mass is 10.3. The Balaban J connectivity index is 0.000000258. The smallest absolute Gasteiger partial charge is 0.372 e. The van der Waals surface area contributed by atoms with Crippen molar-refractivity contribution in [1.82, 2.24) is 9.55 Å². The molecule has 1 aromatic carbocycles. The van der Waals surface area contributed by atoms with Crippen LogP contribution in [0.1, 0.15) is 0 Å². The van der Waals surface area contributed by atoms with Crippen LogP contribution in [0.4, 0.5) is 0 Å². The number of ether oxygens (including phenoxy) is 1. The zero-order valence-electron chi connectivity index (χ0n) is 12.1. The van der Waals surface area contributed by atoms with Gasteiger partial charge in [-0.3, -0.25) is 0 Å². The highest BCUT2D eigenvalue weighted by molar-refractivity contribution is 7.80. The first kappa shape index (κ1) is 18.7. The summed E-state index contributed by atoms with van der Waals surface area (Å²) in [6.07, 6.45) is 3.56. The second-order valence-corrected chi connectivity index (χ2v) is 5.52. The summed E-state index contributed by atoms with van der Waals surface area (Å²) in [4.78, 5) is 14.9. The Morgan fingerprint density at radius 1 is 1.45 bits per heavy atom. The van der Waals surface area contributed by atoms with Crippen molar-refractivity contribution >= 4 is 40.2 Å². The fourth-order valence-corrected chi connectivity index (χ4v) is 2.68. The first-order valence-electron chi connectivity index (χ1n) is 6.20. The summed E-state index contributed by atoms with van der Waals surface area (Å²) in [6.45, 7) is 0.278.